The Morgan fingerprint density at radius 1 is 1.60 bits per heavy atom. The molecule has 6 heteroatoms. The van der Waals surface area contributed by atoms with Gasteiger partial charge in [-0.25, -0.2) is 9.18 Å². The summed E-state index contributed by atoms with van der Waals surface area (Å²) in [6.07, 6.45) is 0.120. The first-order chi connectivity index (χ1) is 7.09. The molecule has 0 fully saturated rings. The van der Waals surface area contributed by atoms with Gasteiger partial charge in [-0.1, -0.05) is 0 Å². The summed E-state index contributed by atoms with van der Waals surface area (Å²) >= 11 is 0. The molecule has 1 heterocycles. The van der Waals surface area contributed by atoms with Gasteiger partial charge in [0, 0.05) is 12.4 Å². The number of fused-ring (bicyclic) bond motifs is 1. The van der Waals surface area contributed by atoms with E-state index in [2.05, 4.69) is 5.10 Å². The van der Waals surface area contributed by atoms with E-state index in [1.807, 2.05) is 5.32 Å². The lowest BCUT2D eigenvalue weighted by atomic mass is 10.2. The number of nitrogens with zero attached hydrogens (tertiary/aromatic N) is 2. The van der Waals surface area contributed by atoms with Crippen molar-refractivity contribution in [3.8, 4) is 0 Å². The fraction of sp³-hybridized carbons (Fsp3) is 0.111. The number of amides is 1. The SMILES string of the molecule is Cn1ncc2c(NC(=O)O)c(F)ccc21. The minimum absolute atomic E-state index is 0.0619. The highest BCUT2D eigenvalue weighted by Gasteiger charge is 2.12. The van der Waals surface area contributed by atoms with Gasteiger partial charge >= 0.3 is 6.09 Å². The third kappa shape index (κ3) is 1.50. The maximum Gasteiger partial charge on any atom is 0.409 e. The predicted molar refractivity (Wildman–Crippen MR) is 52.3 cm³/mol. The molecule has 0 aliphatic heterocycles. The number of aryl methyl sites for hydroxylation is 1. The van der Waals surface area contributed by atoms with Crippen molar-refractivity contribution >= 4 is 22.7 Å². The minimum atomic E-state index is -1.30. The van der Waals surface area contributed by atoms with E-state index in [-0.39, 0.29) is 5.69 Å². The van der Waals surface area contributed by atoms with Crippen LogP contribution in [-0.2, 0) is 7.05 Å². The molecule has 0 radical (unpaired) electrons. The normalized spacial score (nSPS) is 10.5. The number of aromatic nitrogens is 2. The molecule has 0 saturated heterocycles. The molecule has 0 aliphatic rings. The van der Waals surface area contributed by atoms with E-state index >= 15 is 0 Å². The molecule has 2 aromatic rings. The molecule has 0 atom stereocenters. The van der Waals surface area contributed by atoms with Crippen molar-refractivity contribution in [3.63, 3.8) is 0 Å². The lowest BCUT2D eigenvalue weighted by Gasteiger charge is -2.04. The smallest absolute Gasteiger partial charge is 0.409 e. The first-order valence-corrected chi connectivity index (χ1v) is 4.20. The van der Waals surface area contributed by atoms with Gasteiger partial charge in [-0.15, -0.1) is 0 Å². The maximum atomic E-state index is 13.3. The van der Waals surface area contributed by atoms with E-state index in [1.54, 1.807) is 17.8 Å². The van der Waals surface area contributed by atoms with Crippen LogP contribution in [0, 0.1) is 5.82 Å². The average molecular weight is 209 g/mol. The topological polar surface area (TPSA) is 67.2 Å². The summed E-state index contributed by atoms with van der Waals surface area (Å²) in [5.41, 5.74) is 0.605. The monoisotopic (exact) mass is 209 g/mol. The Hall–Kier alpha value is -2.11. The van der Waals surface area contributed by atoms with Gasteiger partial charge in [-0.2, -0.15) is 5.10 Å². The van der Waals surface area contributed by atoms with Gasteiger partial charge in [0.2, 0.25) is 0 Å². The maximum absolute atomic E-state index is 13.3. The van der Waals surface area contributed by atoms with Crippen molar-refractivity contribution in [2.24, 2.45) is 7.05 Å². The van der Waals surface area contributed by atoms with Crippen LogP contribution in [0.5, 0.6) is 0 Å². The van der Waals surface area contributed by atoms with Crippen LogP contribution in [0.2, 0.25) is 0 Å². The molecule has 2 rings (SSSR count). The Bertz CT molecular complexity index is 535. The van der Waals surface area contributed by atoms with Crippen LogP contribution >= 0.6 is 0 Å². The highest BCUT2D eigenvalue weighted by atomic mass is 19.1. The molecule has 0 spiro atoms. The van der Waals surface area contributed by atoms with E-state index in [0.29, 0.717) is 10.9 Å². The van der Waals surface area contributed by atoms with E-state index < -0.39 is 11.9 Å². The van der Waals surface area contributed by atoms with Crippen LogP contribution in [0.25, 0.3) is 10.9 Å². The minimum Gasteiger partial charge on any atom is -0.465 e. The Morgan fingerprint density at radius 3 is 3.00 bits per heavy atom. The van der Waals surface area contributed by atoms with Crippen LogP contribution in [0.15, 0.2) is 18.3 Å². The van der Waals surface area contributed by atoms with E-state index in [1.165, 1.54) is 12.3 Å². The first-order valence-electron chi connectivity index (χ1n) is 4.20. The Kier molecular flexibility index (Phi) is 2.03. The van der Waals surface area contributed by atoms with Crippen LogP contribution in [0.1, 0.15) is 0 Å². The van der Waals surface area contributed by atoms with Gasteiger partial charge in [-0.3, -0.25) is 10.00 Å². The summed E-state index contributed by atoms with van der Waals surface area (Å²) in [6.45, 7) is 0. The van der Waals surface area contributed by atoms with Gasteiger partial charge in [0.1, 0.15) is 5.82 Å². The number of anilines is 1. The van der Waals surface area contributed by atoms with Crippen molar-refractivity contribution in [3.05, 3.63) is 24.1 Å². The highest BCUT2D eigenvalue weighted by molar-refractivity contribution is 5.98. The summed E-state index contributed by atoms with van der Waals surface area (Å²) in [5.74, 6) is -0.613. The molecule has 1 aromatic carbocycles. The quantitative estimate of drug-likeness (QED) is 0.752. The van der Waals surface area contributed by atoms with E-state index in [9.17, 15) is 9.18 Å². The zero-order chi connectivity index (χ0) is 11.0. The second-order valence-corrected chi connectivity index (χ2v) is 3.05. The second kappa shape index (κ2) is 3.23. The Morgan fingerprint density at radius 2 is 2.33 bits per heavy atom. The van der Waals surface area contributed by atoms with Crippen LogP contribution < -0.4 is 5.32 Å². The molecule has 2 N–H and O–H groups in total. The molecule has 0 aliphatic carbocycles. The third-order valence-electron chi connectivity index (χ3n) is 2.11. The third-order valence-corrected chi connectivity index (χ3v) is 2.11. The number of rotatable bonds is 1. The summed E-state index contributed by atoms with van der Waals surface area (Å²) < 4.78 is 14.9. The molecule has 78 valence electrons. The molecule has 0 bridgehead atoms. The molecular weight excluding hydrogens is 201 g/mol. The van der Waals surface area contributed by atoms with Gasteiger partial charge < -0.3 is 5.11 Å². The van der Waals surface area contributed by atoms with Gasteiger partial charge in [-0.05, 0) is 12.1 Å². The van der Waals surface area contributed by atoms with Crippen LogP contribution in [0.4, 0.5) is 14.9 Å². The summed E-state index contributed by atoms with van der Waals surface area (Å²) in [4.78, 5) is 10.5. The fourth-order valence-electron chi connectivity index (χ4n) is 1.44. The first kappa shape index (κ1) is 9.45. The fourth-order valence-corrected chi connectivity index (χ4v) is 1.44. The number of hydrogen-bond donors (Lipinski definition) is 2. The molecule has 1 aromatic heterocycles. The highest BCUT2D eigenvalue weighted by Crippen LogP contribution is 2.25. The number of nitrogens with one attached hydrogen (secondary N) is 1. The molecule has 0 unspecified atom stereocenters. The lowest BCUT2D eigenvalue weighted by molar-refractivity contribution is 0.209. The predicted octanol–water partition coefficient (Wildman–Crippen LogP) is 1.80. The zero-order valence-corrected chi connectivity index (χ0v) is 7.86. The van der Waals surface area contributed by atoms with Gasteiger partial charge in [0.15, 0.2) is 0 Å². The molecular formula is C9H8FN3O2. The lowest BCUT2D eigenvalue weighted by Crippen LogP contribution is -2.09. The number of benzene rings is 1. The number of halogens is 1. The zero-order valence-electron chi connectivity index (χ0n) is 7.86. The average Bonchev–Trinajstić information content (AvgIpc) is 2.52. The van der Waals surface area contributed by atoms with Gasteiger partial charge in [0.25, 0.3) is 0 Å². The largest absolute Gasteiger partial charge is 0.465 e. The van der Waals surface area contributed by atoms with Crippen molar-refractivity contribution in [2.75, 3.05) is 5.32 Å². The van der Waals surface area contributed by atoms with Crippen molar-refractivity contribution in [1.29, 1.82) is 0 Å². The Labute approximate surface area is 84.1 Å². The number of carbonyl (C=O) groups is 1. The number of carboxylic acid groups (broad SMARTS) is 1. The van der Waals surface area contributed by atoms with Crippen LogP contribution in [0.3, 0.4) is 0 Å². The van der Waals surface area contributed by atoms with Crippen molar-refractivity contribution < 1.29 is 14.3 Å². The standard InChI is InChI=1S/C9H8FN3O2/c1-13-7-3-2-6(10)8(12-9(14)15)5(7)4-11-13/h2-4,12H,1H3,(H,14,15). The molecule has 0 saturated carbocycles. The second-order valence-electron chi connectivity index (χ2n) is 3.05. The van der Waals surface area contributed by atoms with Crippen LogP contribution in [-0.4, -0.2) is 21.0 Å². The van der Waals surface area contributed by atoms with E-state index in [4.69, 9.17) is 5.11 Å². The molecule has 1 amide bonds. The summed E-state index contributed by atoms with van der Waals surface area (Å²) in [7, 11) is 1.70. The Balaban J connectivity index is 2.68. The van der Waals surface area contributed by atoms with E-state index in [0.717, 1.165) is 0 Å². The summed E-state index contributed by atoms with van der Waals surface area (Å²) in [5, 5.41) is 14.9. The van der Waals surface area contributed by atoms with Crippen molar-refractivity contribution in [2.45, 2.75) is 0 Å². The molecule has 5 nitrogen and oxygen atoms in total. The van der Waals surface area contributed by atoms with Gasteiger partial charge in [0.05, 0.1) is 17.4 Å². The molecule has 15 heavy (non-hydrogen) atoms. The number of hydrogen-bond acceptors (Lipinski definition) is 2. The summed E-state index contributed by atoms with van der Waals surface area (Å²) in [6, 6.07) is 2.75. The van der Waals surface area contributed by atoms with Crippen molar-refractivity contribution in [1.82, 2.24) is 9.78 Å².